The fourth-order valence-corrected chi connectivity index (χ4v) is 1.91. The van der Waals surface area contributed by atoms with Crippen molar-refractivity contribution >= 4 is 17.5 Å². The summed E-state index contributed by atoms with van der Waals surface area (Å²) in [6.07, 6.45) is 0. The van der Waals surface area contributed by atoms with E-state index in [1.165, 1.54) is 18.2 Å². The number of hydrogen-bond donors (Lipinski definition) is 2. The van der Waals surface area contributed by atoms with Crippen LogP contribution in [0.15, 0.2) is 30.3 Å². The average Bonchev–Trinajstić information content (AvgIpc) is 2.42. The summed E-state index contributed by atoms with van der Waals surface area (Å²) in [5.41, 5.74) is 1.95. The quantitative estimate of drug-likeness (QED) is 0.889. The molecule has 2 aromatic rings. The van der Waals surface area contributed by atoms with Crippen LogP contribution in [-0.2, 0) is 0 Å². The second-order valence-corrected chi connectivity index (χ2v) is 5.23. The minimum absolute atomic E-state index is 0.0761. The molecule has 4 nitrogen and oxygen atoms in total. The molecule has 0 aliphatic heterocycles. The van der Waals surface area contributed by atoms with E-state index >= 15 is 0 Å². The fourth-order valence-electron chi connectivity index (χ4n) is 1.91. The summed E-state index contributed by atoms with van der Waals surface area (Å²) in [5, 5.41) is 12.0. The molecule has 0 bridgehead atoms. The summed E-state index contributed by atoms with van der Waals surface area (Å²) < 4.78 is 13.8. The molecule has 0 radical (unpaired) electrons. The van der Waals surface area contributed by atoms with Crippen LogP contribution in [0.1, 0.15) is 41.4 Å². The van der Waals surface area contributed by atoms with Crippen molar-refractivity contribution in [1.29, 1.82) is 0 Å². The fraction of sp³-hybridized carbons (Fsp3) is 0.250. The number of carbonyl (C=O) groups is 1. The molecule has 1 heterocycles. The summed E-state index contributed by atoms with van der Waals surface area (Å²) in [4.78, 5) is 15.5. The summed E-state index contributed by atoms with van der Waals surface area (Å²) in [5.74, 6) is -1.04. The molecule has 2 rings (SSSR count). The second-order valence-electron chi connectivity index (χ2n) is 5.23. The third-order valence-electron chi connectivity index (χ3n) is 3.07. The Balaban J connectivity index is 2.43. The van der Waals surface area contributed by atoms with Crippen LogP contribution in [0.25, 0.3) is 0 Å². The predicted molar refractivity (Wildman–Crippen MR) is 79.7 cm³/mol. The zero-order valence-corrected chi connectivity index (χ0v) is 12.1. The van der Waals surface area contributed by atoms with Crippen molar-refractivity contribution in [2.75, 3.05) is 5.32 Å². The number of nitrogens with one attached hydrogen (secondary N) is 1. The number of rotatable bonds is 4. The summed E-state index contributed by atoms with van der Waals surface area (Å²) in [6, 6.07) is 7.61. The molecule has 1 aromatic carbocycles. The van der Waals surface area contributed by atoms with Crippen LogP contribution in [0, 0.1) is 12.7 Å². The van der Waals surface area contributed by atoms with Gasteiger partial charge in [0.25, 0.3) is 0 Å². The Morgan fingerprint density at radius 3 is 2.62 bits per heavy atom. The van der Waals surface area contributed by atoms with Gasteiger partial charge in [-0.1, -0.05) is 19.9 Å². The number of nitrogens with zero attached hydrogens (tertiary/aromatic N) is 1. The van der Waals surface area contributed by atoms with E-state index in [4.69, 9.17) is 5.11 Å². The van der Waals surface area contributed by atoms with Crippen LogP contribution >= 0.6 is 0 Å². The van der Waals surface area contributed by atoms with Gasteiger partial charge in [0, 0.05) is 5.69 Å². The maximum absolute atomic E-state index is 13.8. The van der Waals surface area contributed by atoms with E-state index in [0.29, 0.717) is 11.5 Å². The van der Waals surface area contributed by atoms with Crippen molar-refractivity contribution < 1.29 is 14.3 Å². The lowest BCUT2D eigenvalue weighted by Crippen LogP contribution is -2.05. The van der Waals surface area contributed by atoms with Crippen molar-refractivity contribution in [3.63, 3.8) is 0 Å². The number of carboxylic acid groups (broad SMARTS) is 1. The molecule has 0 saturated heterocycles. The van der Waals surface area contributed by atoms with Crippen LogP contribution in [-0.4, -0.2) is 16.1 Å². The zero-order valence-electron chi connectivity index (χ0n) is 12.1. The number of halogens is 1. The second kappa shape index (κ2) is 5.91. The third-order valence-corrected chi connectivity index (χ3v) is 3.07. The molecule has 0 fully saturated rings. The SMILES string of the molecule is Cc1ccc(F)c(Nc2cc(C(=O)O)cc(C(C)C)n2)c1. The molecule has 0 aliphatic carbocycles. The summed E-state index contributed by atoms with van der Waals surface area (Å²) in [7, 11) is 0. The standard InChI is InChI=1S/C16H17FN2O2/c1-9(2)13-7-11(16(20)21)8-15(18-13)19-14-6-10(3)4-5-12(14)17/h4-9H,1-3H3,(H,18,19)(H,20,21). The van der Waals surface area contributed by atoms with Crippen LogP contribution in [0.2, 0.25) is 0 Å². The van der Waals surface area contributed by atoms with Gasteiger partial charge in [0.2, 0.25) is 0 Å². The minimum Gasteiger partial charge on any atom is -0.478 e. The van der Waals surface area contributed by atoms with Gasteiger partial charge < -0.3 is 10.4 Å². The van der Waals surface area contributed by atoms with Gasteiger partial charge in [-0.2, -0.15) is 0 Å². The molecular weight excluding hydrogens is 271 g/mol. The monoisotopic (exact) mass is 288 g/mol. The highest BCUT2D eigenvalue weighted by Gasteiger charge is 2.12. The maximum atomic E-state index is 13.8. The first-order valence-electron chi connectivity index (χ1n) is 6.65. The summed E-state index contributed by atoms with van der Waals surface area (Å²) in [6.45, 7) is 5.70. The molecular formula is C16H17FN2O2. The van der Waals surface area contributed by atoms with Crippen LogP contribution < -0.4 is 5.32 Å². The van der Waals surface area contributed by atoms with E-state index in [0.717, 1.165) is 5.56 Å². The molecule has 2 N–H and O–H groups in total. The molecule has 0 atom stereocenters. The van der Waals surface area contributed by atoms with E-state index < -0.39 is 11.8 Å². The Labute approximate surface area is 122 Å². The molecule has 21 heavy (non-hydrogen) atoms. The maximum Gasteiger partial charge on any atom is 0.335 e. The molecule has 110 valence electrons. The average molecular weight is 288 g/mol. The Morgan fingerprint density at radius 1 is 1.29 bits per heavy atom. The first kappa shape index (κ1) is 15.0. The number of hydrogen-bond acceptors (Lipinski definition) is 3. The van der Waals surface area contributed by atoms with Crippen molar-refractivity contribution in [3.8, 4) is 0 Å². The van der Waals surface area contributed by atoms with E-state index in [1.807, 2.05) is 20.8 Å². The van der Waals surface area contributed by atoms with Crippen LogP contribution in [0.4, 0.5) is 15.9 Å². The Morgan fingerprint density at radius 2 is 2.00 bits per heavy atom. The smallest absolute Gasteiger partial charge is 0.335 e. The molecule has 5 heteroatoms. The van der Waals surface area contributed by atoms with Gasteiger partial charge in [-0.05, 0) is 42.7 Å². The topological polar surface area (TPSA) is 62.2 Å². The molecule has 0 saturated carbocycles. The van der Waals surface area contributed by atoms with E-state index in [-0.39, 0.29) is 17.2 Å². The highest BCUT2D eigenvalue weighted by Crippen LogP contribution is 2.23. The largest absolute Gasteiger partial charge is 0.478 e. The normalized spacial score (nSPS) is 10.7. The molecule has 0 unspecified atom stereocenters. The van der Waals surface area contributed by atoms with Gasteiger partial charge >= 0.3 is 5.97 Å². The lowest BCUT2D eigenvalue weighted by molar-refractivity contribution is 0.0696. The molecule has 0 spiro atoms. The highest BCUT2D eigenvalue weighted by molar-refractivity contribution is 5.89. The Kier molecular flexibility index (Phi) is 4.21. The highest BCUT2D eigenvalue weighted by atomic mass is 19.1. The van der Waals surface area contributed by atoms with Gasteiger partial charge in [-0.15, -0.1) is 0 Å². The van der Waals surface area contributed by atoms with Gasteiger partial charge in [0.05, 0.1) is 11.3 Å². The number of aromatic carboxylic acids is 1. The number of benzene rings is 1. The lowest BCUT2D eigenvalue weighted by Gasteiger charge is -2.12. The van der Waals surface area contributed by atoms with Crippen LogP contribution in [0.5, 0.6) is 0 Å². The van der Waals surface area contributed by atoms with Crippen LogP contribution in [0.3, 0.4) is 0 Å². The molecule has 0 aliphatic rings. The number of aryl methyl sites for hydroxylation is 1. The third kappa shape index (κ3) is 3.56. The van der Waals surface area contributed by atoms with Gasteiger partial charge in [-0.25, -0.2) is 14.2 Å². The van der Waals surface area contributed by atoms with Gasteiger partial charge in [0.15, 0.2) is 0 Å². The first-order valence-corrected chi connectivity index (χ1v) is 6.65. The Bertz CT molecular complexity index is 684. The van der Waals surface area contributed by atoms with Crippen molar-refractivity contribution in [2.24, 2.45) is 0 Å². The number of anilines is 2. The summed E-state index contributed by atoms with van der Waals surface area (Å²) >= 11 is 0. The number of pyridine rings is 1. The van der Waals surface area contributed by atoms with E-state index in [2.05, 4.69) is 10.3 Å². The van der Waals surface area contributed by atoms with Gasteiger partial charge in [0.1, 0.15) is 11.6 Å². The first-order chi connectivity index (χ1) is 9.86. The van der Waals surface area contributed by atoms with E-state index in [1.54, 1.807) is 12.1 Å². The molecule has 0 amide bonds. The van der Waals surface area contributed by atoms with Crippen molar-refractivity contribution in [2.45, 2.75) is 26.7 Å². The molecule has 1 aromatic heterocycles. The van der Waals surface area contributed by atoms with E-state index in [9.17, 15) is 9.18 Å². The number of carboxylic acids is 1. The Hall–Kier alpha value is -2.43. The van der Waals surface area contributed by atoms with Gasteiger partial charge in [-0.3, -0.25) is 0 Å². The number of aromatic nitrogens is 1. The zero-order chi connectivity index (χ0) is 15.6. The van der Waals surface area contributed by atoms with Crippen molar-refractivity contribution in [1.82, 2.24) is 4.98 Å². The minimum atomic E-state index is -1.04. The predicted octanol–water partition coefficient (Wildman–Crippen LogP) is 4.09. The lowest BCUT2D eigenvalue weighted by atomic mass is 10.1. The van der Waals surface area contributed by atoms with Crippen molar-refractivity contribution in [3.05, 3.63) is 53.0 Å².